The lowest BCUT2D eigenvalue weighted by molar-refractivity contribution is -0.118. The van der Waals surface area contributed by atoms with Gasteiger partial charge in [-0.2, -0.15) is 0 Å². The monoisotopic (exact) mass is 482 g/mol. The van der Waals surface area contributed by atoms with Gasteiger partial charge in [-0.15, -0.1) is 11.3 Å². The third kappa shape index (κ3) is 5.79. The highest BCUT2D eigenvalue weighted by Crippen LogP contribution is 2.29. The lowest BCUT2D eigenvalue weighted by Crippen LogP contribution is -2.47. The Kier molecular flexibility index (Phi) is 7.42. The molecule has 0 saturated heterocycles. The molecule has 172 valence electrons. The molecular weight excluding hydrogens is 456 g/mol. The predicted molar refractivity (Wildman–Crippen MR) is 133 cm³/mol. The van der Waals surface area contributed by atoms with Crippen molar-refractivity contribution in [1.29, 1.82) is 0 Å². The normalized spacial score (nSPS) is 14.5. The summed E-state index contributed by atoms with van der Waals surface area (Å²) in [6.45, 7) is 6.43. The van der Waals surface area contributed by atoms with Crippen molar-refractivity contribution < 1.29 is 9.59 Å². The fourth-order valence-electron chi connectivity index (χ4n) is 3.86. The molecule has 0 saturated carbocycles. The van der Waals surface area contributed by atoms with Crippen molar-refractivity contribution in [2.45, 2.75) is 39.4 Å². The Labute approximate surface area is 203 Å². The fourth-order valence-corrected chi connectivity index (χ4v) is 5.14. The summed E-state index contributed by atoms with van der Waals surface area (Å²) in [4.78, 5) is 33.9. The topological polar surface area (TPSA) is 74.3 Å². The molecule has 2 aromatic carbocycles. The van der Waals surface area contributed by atoms with Crippen LogP contribution in [0.3, 0.4) is 0 Å². The SMILES string of the molecule is CC(C)[C@H](NC(=O)c1ccccc1Cl)C(=O)Nc1nc2c(s1)CN(Cc1ccccc1)CC2. The molecule has 2 amide bonds. The van der Waals surface area contributed by atoms with Crippen molar-refractivity contribution in [2.75, 3.05) is 11.9 Å². The first-order valence-electron chi connectivity index (χ1n) is 11.0. The molecule has 0 bridgehead atoms. The number of nitrogens with one attached hydrogen (secondary N) is 2. The summed E-state index contributed by atoms with van der Waals surface area (Å²) in [7, 11) is 0. The van der Waals surface area contributed by atoms with E-state index in [1.54, 1.807) is 24.3 Å². The van der Waals surface area contributed by atoms with E-state index in [1.807, 2.05) is 19.9 Å². The molecule has 2 heterocycles. The van der Waals surface area contributed by atoms with Crippen LogP contribution in [0.15, 0.2) is 54.6 Å². The zero-order valence-electron chi connectivity index (χ0n) is 18.7. The second kappa shape index (κ2) is 10.5. The van der Waals surface area contributed by atoms with Gasteiger partial charge < -0.3 is 10.6 Å². The van der Waals surface area contributed by atoms with Crippen LogP contribution in [-0.2, 0) is 24.3 Å². The third-order valence-corrected chi connectivity index (χ3v) is 6.97. The highest BCUT2D eigenvalue weighted by Gasteiger charge is 2.27. The molecule has 0 radical (unpaired) electrons. The first kappa shape index (κ1) is 23.4. The van der Waals surface area contributed by atoms with Crippen LogP contribution >= 0.6 is 22.9 Å². The summed E-state index contributed by atoms with van der Waals surface area (Å²) in [5.74, 6) is -0.755. The van der Waals surface area contributed by atoms with Crippen LogP contribution in [0.2, 0.25) is 5.02 Å². The minimum absolute atomic E-state index is 0.104. The van der Waals surface area contributed by atoms with Gasteiger partial charge in [-0.05, 0) is 23.6 Å². The van der Waals surface area contributed by atoms with E-state index in [4.69, 9.17) is 11.6 Å². The minimum atomic E-state index is -0.704. The van der Waals surface area contributed by atoms with Gasteiger partial charge in [0.05, 0.1) is 16.3 Å². The van der Waals surface area contributed by atoms with Gasteiger partial charge in [0.2, 0.25) is 5.91 Å². The van der Waals surface area contributed by atoms with Gasteiger partial charge in [0.1, 0.15) is 6.04 Å². The molecule has 1 atom stereocenters. The summed E-state index contributed by atoms with van der Waals surface area (Å²) in [5, 5.41) is 6.67. The average Bonchev–Trinajstić information content (AvgIpc) is 3.19. The molecule has 0 aliphatic carbocycles. The fraction of sp³-hybridized carbons (Fsp3) is 0.320. The van der Waals surface area contributed by atoms with E-state index < -0.39 is 6.04 Å². The Morgan fingerprint density at radius 3 is 2.58 bits per heavy atom. The highest BCUT2D eigenvalue weighted by molar-refractivity contribution is 7.15. The number of thiazole rings is 1. The number of benzene rings is 2. The van der Waals surface area contributed by atoms with E-state index >= 15 is 0 Å². The van der Waals surface area contributed by atoms with E-state index in [9.17, 15) is 9.59 Å². The number of rotatable bonds is 7. The quantitative estimate of drug-likeness (QED) is 0.509. The number of hydrogen-bond donors (Lipinski definition) is 2. The Morgan fingerprint density at radius 1 is 1.12 bits per heavy atom. The van der Waals surface area contributed by atoms with Crippen LogP contribution in [0, 0.1) is 5.92 Å². The summed E-state index contributed by atoms with van der Waals surface area (Å²) >= 11 is 7.64. The predicted octanol–water partition coefficient (Wildman–Crippen LogP) is 4.75. The van der Waals surface area contributed by atoms with Gasteiger partial charge in [-0.25, -0.2) is 4.98 Å². The van der Waals surface area contributed by atoms with Gasteiger partial charge in [-0.1, -0.05) is 67.9 Å². The lowest BCUT2D eigenvalue weighted by Gasteiger charge is -2.25. The molecule has 1 aromatic heterocycles. The number of carbonyl (C=O) groups excluding carboxylic acids is 2. The van der Waals surface area contributed by atoms with Crippen molar-refractivity contribution >= 4 is 39.9 Å². The van der Waals surface area contributed by atoms with Crippen LogP contribution < -0.4 is 10.6 Å². The minimum Gasteiger partial charge on any atom is -0.340 e. The Morgan fingerprint density at radius 2 is 1.85 bits per heavy atom. The standard InChI is InChI=1S/C25H27ClN4O2S/c1-16(2)22(28-23(31)18-10-6-7-11-19(18)26)24(32)29-25-27-20-12-13-30(15-21(20)33-25)14-17-8-4-3-5-9-17/h3-11,16,22H,12-15H2,1-2H3,(H,28,31)(H,27,29,32)/t22-/m0/s1. The molecule has 8 heteroatoms. The molecule has 0 fully saturated rings. The van der Waals surface area contributed by atoms with E-state index in [1.165, 1.54) is 21.8 Å². The second-order valence-electron chi connectivity index (χ2n) is 8.50. The zero-order chi connectivity index (χ0) is 23.4. The Hall–Kier alpha value is -2.74. The highest BCUT2D eigenvalue weighted by atomic mass is 35.5. The molecule has 1 aliphatic heterocycles. The van der Waals surface area contributed by atoms with Gasteiger partial charge >= 0.3 is 0 Å². The summed E-state index contributed by atoms with van der Waals surface area (Å²) < 4.78 is 0. The number of halogens is 1. The molecule has 0 unspecified atom stereocenters. The maximum absolute atomic E-state index is 13.0. The summed E-state index contributed by atoms with van der Waals surface area (Å²) in [6, 6.07) is 16.5. The van der Waals surface area contributed by atoms with Crippen molar-refractivity contribution in [3.63, 3.8) is 0 Å². The number of nitrogens with zero attached hydrogens (tertiary/aromatic N) is 2. The van der Waals surface area contributed by atoms with Crippen LogP contribution in [0.4, 0.5) is 5.13 Å². The molecule has 2 N–H and O–H groups in total. The van der Waals surface area contributed by atoms with E-state index in [2.05, 4.69) is 44.8 Å². The van der Waals surface area contributed by atoms with Crippen molar-refractivity contribution in [1.82, 2.24) is 15.2 Å². The first-order chi connectivity index (χ1) is 15.9. The first-order valence-corrected chi connectivity index (χ1v) is 12.2. The number of anilines is 1. The smallest absolute Gasteiger partial charge is 0.253 e. The number of hydrogen-bond acceptors (Lipinski definition) is 5. The molecule has 4 rings (SSSR count). The van der Waals surface area contributed by atoms with Gasteiger partial charge in [-0.3, -0.25) is 14.5 Å². The molecule has 6 nitrogen and oxygen atoms in total. The third-order valence-electron chi connectivity index (χ3n) is 5.64. The van der Waals surface area contributed by atoms with Crippen LogP contribution in [0.1, 0.15) is 40.3 Å². The molecule has 33 heavy (non-hydrogen) atoms. The van der Waals surface area contributed by atoms with Crippen LogP contribution in [0.25, 0.3) is 0 Å². The Balaban J connectivity index is 1.40. The van der Waals surface area contributed by atoms with E-state index in [0.717, 1.165) is 31.7 Å². The van der Waals surface area contributed by atoms with Gasteiger partial charge in [0.25, 0.3) is 5.91 Å². The molecule has 0 spiro atoms. The zero-order valence-corrected chi connectivity index (χ0v) is 20.2. The average molecular weight is 483 g/mol. The van der Waals surface area contributed by atoms with E-state index in [-0.39, 0.29) is 17.7 Å². The second-order valence-corrected chi connectivity index (χ2v) is 9.99. The number of fused-ring (bicyclic) bond motifs is 1. The maximum atomic E-state index is 13.0. The summed E-state index contributed by atoms with van der Waals surface area (Å²) in [5.41, 5.74) is 2.68. The maximum Gasteiger partial charge on any atom is 0.253 e. The van der Waals surface area contributed by atoms with Crippen LogP contribution in [0.5, 0.6) is 0 Å². The van der Waals surface area contributed by atoms with Gasteiger partial charge in [0.15, 0.2) is 5.13 Å². The van der Waals surface area contributed by atoms with Crippen LogP contribution in [-0.4, -0.2) is 34.3 Å². The lowest BCUT2D eigenvalue weighted by atomic mass is 10.0. The van der Waals surface area contributed by atoms with Crippen molar-refractivity contribution in [2.24, 2.45) is 5.92 Å². The summed E-state index contributed by atoms with van der Waals surface area (Å²) in [6.07, 6.45) is 0.853. The van der Waals surface area contributed by atoms with Crippen molar-refractivity contribution in [3.8, 4) is 0 Å². The molecule has 1 aliphatic rings. The van der Waals surface area contributed by atoms with Crippen molar-refractivity contribution in [3.05, 3.63) is 81.3 Å². The molecular formula is C25H27ClN4O2S. The Bertz CT molecular complexity index is 1130. The number of aromatic nitrogens is 1. The van der Waals surface area contributed by atoms with E-state index in [0.29, 0.717) is 15.7 Å². The molecule has 3 aromatic rings. The largest absolute Gasteiger partial charge is 0.340 e. The number of amides is 2. The number of carbonyl (C=O) groups is 2. The van der Waals surface area contributed by atoms with Gasteiger partial charge in [0, 0.05) is 30.9 Å².